The van der Waals surface area contributed by atoms with Crippen LogP contribution >= 0.6 is 0 Å². The maximum atomic E-state index is 12.4. The molecule has 0 unspecified atom stereocenters. The Balaban J connectivity index is 1.96. The van der Waals surface area contributed by atoms with Gasteiger partial charge in [0.2, 0.25) is 0 Å². The van der Waals surface area contributed by atoms with Gasteiger partial charge in [-0.2, -0.15) is 0 Å². The van der Waals surface area contributed by atoms with Gasteiger partial charge in [0.15, 0.2) is 0 Å². The number of aromatic carboxylic acids is 1. The number of hydrogen-bond donors (Lipinski definition) is 2. The predicted octanol–water partition coefficient (Wildman–Crippen LogP) is 2.29. The van der Waals surface area contributed by atoms with Crippen LogP contribution in [0.25, 0.3) is 17.4 Å². The van der Waals surface area contributed by atoms with Crippen molar-refractivity contribution in [2.24, 2.45) is 0 Å². The van der Waals surface area contributed by atoms with E-state index in [1.54, 1.807) is 18.2 Å². The van der Waals surface area contributed by atoms with Crippen molar-refractivity contribution in [1.82, 2.24) is 10.2 Å². The van der Waals surface area contributed by atoms with Crippen molar-refractivity contribution in [2.45, 2.75) is 0 Å². The van der Waals surface area contributed by atoms with Crippen LogP contribution in [0, 0.1) is 0 Å². The summed E-state index contributed by atoms with van der Waals surface area (Å²) in [7, 11) is 0. The molecule has 0 spiro atoms. The van der Waals surface area contributed by atoms with E-state index in [1.165, 1.54) is 30.4 Å². The molecule has 1 aromatic heterocycles. The highest BCUT2D eigenvalue weighted by Crippen LogP contribution is 2.27. The zero-order chi connectivity index (χ0) is 19.6. The Bertz CT molecular complexity index is 1000. The number of imide groups is 2. The minimum atomic E-state index is -1.11. The molecular weight excluding hydrogens is 352 g/mol. The molecule has 1 aliphatic heterocycles. The highest BCUT2D eigenvalue weighted by Gasteiger charge is 2.35. The van der Waals surface area contributed by atoms with Gasteiger partial charge in [-0.3, -0.25) is 19.8 Å². The first-order chi connectivity index (χ1) is 12.9. The molecule has 0 atom stereocenters. The number of amides is 4. The number of carbonyl (C=O) groups excluding carboxylic acids is 3. The maximum absolute atomic E-state index is 12.4. The molecule has 136 valence electrons. The Morgan fingerprint density at radius 1 is 1.19 bits per heavy atom. The normalized spacial score (nSPS) is 15.8. The van der Waals surface area contributed by atoms with Crippen LogP contribution in [0.5, 0.6) is 0 Å². The fraction of sp³-hybridized carbons (Fsp3) is 0.0526. The summed E-state index contributed by atoms with van der Waals surface area (Å²) in [4.78, 5) is 48.3. The number of carboxylic acid groups (broad SMARTS) is 1. The second-order valence-electron chi connectivity index (χ2n) is 5.57. The molecule has 8 heteroatoms. The molecule has 0 aliphatic carbocycles. The number of furan rings is 1. The van der Waals surface area contributed by atoms with Gasteiger partial charge in [-0.15, -0.1) is 6.58 Å². The van der Waals surface area contributed by atoms with Gasteiger partial charge in [0.05, 0.1) is 5.56 Å². The molecule has 0 saturated carbocycles. The SMILES string of the molecule is C=CCN1C(=O)NC(=O)C(=Cc2ccc(-c3ccccc3C(=O)O)o2)C1=O. The molecule has 1 aromatic carbocycles. The van der Waals surface area contributed by atoms with E-state index in [4.69, 9.17) is 4.42 Å². The van der Waals surface area contributed by atoms with E-state index in [-0.39, 0.29) is 29.2 Å². The minimum absolute atomic E-state index is 0.0509. The second kappa shape index (κ2) is 7.12. The molecule has 2 aromatic rings. The first kappa shape index (κ1) is 17.9. The number of barbiturate groups is 1. The highest BCUT2D eigenvalue weighted by molar-refractivity contribution is 6.30. The van der Waals surface area contributed by atoms with E-state index < -0.39 is 23.8 Å². The number of urea groups is 1. The summed E-state index contributed by atoms with van der Waals surface area (Å²) in [6, 6.07) is 8.49. The van der Waals surface area contributed by atoms with Crippen molar-refractivity contribution in [3.63, 3.8) is 0 Å². The Kier molecular flexibility index (Phi) is 4.71. The second-order valence-corrected chi connectivity index (χ2v) is 5.57. The lowest BCUT2D eigenvalue weighted by Gasteiger charge is -2.24. The molecule has 0 bridgehead atoms. The number of benzene rings is 1. The van der Waals surface area contributed by atoms with E-state index in [0.717, 1.165) is 4.90 Å². The van der Waals surface area contributed by atoms with Gasteiger partial charge >= 0.3 is 12.0 Å². The summed E-state index contributed by atoms with van der Waals surface area (Å²) in [6.07, 6.45) is 2.56. The van der Waals surface area contributed by atoms with Crippen LogP contribution in [0.15, 0.2) is 59.0 Å². The van der Waals surface area contributed by atoms with Crippen LogP contribution in [-0.2, 0) is 9.59 Å². The monoisotopic (exact) mass is 366 g/mol. The van der Waals surface area contributed by atoms with Crippen LogP contribution in [0.4, 0.5) is 4.79 Å². The molecule has 1 aliphatic rings. The van der Waals surface area contributed by atoms with Gasteiger partial charge in [0, 0.05) is 12.1 Å². The Hall–Kier alpha value is -3.94. The molecule has 27 heavy (non-hydrogen) atoms. The summed E-state index contributed by atoms with van der Waals surface area (Å²) in [5.74, 6) is -2.29. The van der Waals surface area contributed by atoms with Gasteiger partial charge in [0.25, 0.3) is 11.8 Å². The van der Waals surface area contributed by atoms with Crippen molar-refractivity contribution in [3.05, 3.63) is 65.9 Å². The number of nitrogens with one attached hydrogen (secondary N) is 1. The molecule has 3 rings (SSSR count). The number of carbonyl (C=O) groups is 4. The summed E-state index contributed by atoms with van der Waals surface area (Å²) < 4.78 is 5.59. The van der Waals surface area contributed by atoms with Crippen molar-refractivity contribution in [2.75, 3.05) is 6.54 Å². The Morgan fingerprint density at radius 2 is 1.93 bits per heavy atom. The Labute approximate surface area is 153 Å². The molecule has 0 radical (unpaired) electrons. The van der Waals surface area contributed by atoms with Crippen LogP contribution in [0.2, 0.25) is 0 Å². The third-order valence-corrected chi connectivity index (χ3v) is 3.83. The molecule has 4 amide bonds. The fourth-order valence-corrected chi connectivity index (χ4v) is 2.59. The van der Waals surface area contributed by atoms with Crippen molar-refractivity contribution in [1.29, 1.82) is 0 Å². The average Bonchev–Trinajstić information content (AvgIpc) is 3.10. The molecule has 8 nitrogen and oxygen atoms in total. The molecule has 2 heterocycles. The largest absolute Gasteiger partial charge is 0.478 e. The summed E-state index contributed by atoms with van der Waals surface area (Å²) in [5, 5.41) is 11.3. The standard InChI is InChI=1S/C19H14N2O6/c1-2-9-21-17(23)14(16(22)20-19(21)26)10-11-7-8-15(27-11)12-5-3-4-6-13(12)18(24)25/h2-8,10H,1,9H2,(H,24,25)(H,20,22,26). The van der Waals surface area contributed by atoms with Crippen molar-refractivity contribution < 1.29 is 28.7 Å². The van der Waals surface area contributed by atoms with E-state index in [2.05, 4.69) is 11.9 Å². The number of hydrogen-bond acceptors (Lipinski definition) is 5. The topological polar surface area (TPSA) is 117 Å². The third-order valence-electron chi connectivity index (χ3n) is 3.83. The lowest BCUT2D eigenvalue weighted by Crippen LogP contribution is -2.54. The molecular formula is C19H14N2O6. The van der Waals surface area contributed by atoms with Crippen LogP contribution in [0.3, 0.4) is 0 Å². The van der Waals surface area contributed by atoms with Gasteiger partial charge in [-0.25, -0.2) is 9.59 Å². The van der Waals surface area contributed by atoms with Gasteiger partial charge in [-0.1, -0.05) is 24.3 Å². The zero-order valence-electron chi connectivity index (χ0n) is 14.0. The number of rotatable bonds is 5. The first-order valence-corrected chi connectivity index (χ1v) is 7.84. The van der Waals surface area contributed by atoms with E-state index in [1.807, 2.05) is 0 Å². The molecule has 1 fully saturated rings. The van der Waals surface area contributed by atoms with Crippen LogP contribution in [0.1, 0.15) is 16.1 Å². The number of nitrogens with zero attached hydrogens (tertiary/aromatic N) is 1. The lowest BCUT2D eigenvalue weighted by atomic mass is 10.1. The first-order valence-electron chi connectivity index (χ1n) is 7.84. The van der Waals surface area contributed by atoms with E-state index in [9.17, 15) is 24.3 Å². The molecule has 1 saturated heterocycles. The van der Waals surface area contributed by atoms with Crippen molar-refractivity contribution >= 4 is 29.9 Å². The predicted molar refractivity (Wildman–Crippen MR) is 94.5 cm³/mol. The van der Waals surface area contributed by atoms with E-state index >= 15 is 0 Å². The third kappa shape index (κ3) is 3.40. The van der Waals surface area contributed by atoms with E-state index in [0.29, 0.717) is 5.56 Å². The average molecular weight is 366 g/mol. The summed E-state index contributed by atoms with van der Waals surface area (Å²) in [6.45, 7) is 3.42. The zero-order valence-corrected chi connectivity index (χ0v) is 14.0. The fourth-order valence-electron chi connectivity index (χ4n) is 2.59. The van der Waals surface area contributed by atoms with Gasteiger partial charge in [0.1, 0.15) is 17.1 Å². The maximum Gasteiger partial charge on any atom is 0.336 e. The van der Waals surface area contributed by atoms with Crippen LogP contribution < -0.4 is 5.32 Å². The number of carboxylic acids is 1. The lowest BCUT2D eigenvalue weighted by molar-refractivity contribution is -0.129. The minimum Gasteiger partial charge on any atom is -0.478 e. The molecule has 2 N–H and O–H groups in total. The Morgan fingerprint density at radius 3 is 2.63 bits per heavy atom. The van der Waals surface area contributed by atoms with Crippen LogP contribution in [-0.4, -0.2) is 40.4 Å². The van der Waals surface area contributed by atoms with Gasteiger partial charge < -0.3 is 9.52 Å². The van der Waals surface area contributed by atoms with Crippen molar-refractivity contribution in [3.8, 4) is 11.3 Å². The quantitative estimate of drug-likeness (QED) is 0.476. The summed E-state index contributed by atoms with van der Waals surface area (Å²) in [5.41, 5.74) is 0.140. The highest BCUT2D eigenvalue weighted by atomic mass is 16.4. The summed E-state index contributed by atoms with van der Waals surface area (Å²) >= 11 is 0. The smallest absolute Gasteiger partial charge is 0.336 e. The van der Waals surface area contributed by atoms with Gasteiger partial charge in [-0.05, 0) is 24.3 Å².